The maximum atomic E-state index is 11.6. The van der Waals surface area contributed by atoms with Gasteiger partial charge in [-0.05, 0) is 63.8 Å². The highest BCUT2D eigenvalue weighted by molar-refractivity contribution is 6.31. The number of phenolic OH excluding ortho intramolecular Hbond substituents is 1. The molecule has 2 aromatic carbocycles. The Bertz CT molecular complexity index is 952. The van der Waals surface area contributed by atoms with Gasteiger partial charge in [-0.25, -0.2) is 9.59 Å². The maximum absolute atomic E-state index is 11.6. The summed E-state index contributed by atoms with van der Waals surface area (Å²) >= 11 is 11.7. The number of carbonyl (C=O) groups excluding carboxylic acids is 2. The Kier molecular flexibility index (Phi) is 9.01. The lowest BCUT2D eigenvalue weighted by Crippen LogP contribution is -2.13. The van der Waals surface area contributed by atoms with E-state index in [9.17, 15) is 14.7 Å². The molecule has 6 nitrogen and oxygen atoms in total. The van der Waals surface area contributed by atoms with Crippen LogP contribution in [0.5, 0.6) is 11.5 Å². The third kappa shape index (κ3) is 6.52. The monoisotopic (exact) mass is 468 g/mol. The van der Waals surface area contributed by atoms with Crippen LogP contribution in [-0.4, -0.2) is 37.4 Å². The van der Waals surface area contributed by atoms with E-state index in [1.165, 1.54) is 39.2 Å². The van der Waals surface area contributed by atoms with Crippen molar-refractivity contribution in [3.8, 4) is 11.5 Å². The minimum absolute atomic E-state index is 0.00657. The molecule has 0 heterocycles. The summed E-state index contributed by atoms with van der Waals surface area (Å²) in [5.41, 5.74) is 2.01. The zero-order valence-corrected chi connectivity index (χ0v) is 19.5. The molecular formula is C23H26Cl2O6. The predicted octanol–water partition coefficient (Wildman–Crippen LogP) is 5.90. The van der Waals surface area contributed by atoms with Gasteiger partial charge in [-0.3, -0.25) is 0 Å². The molecule has 0 atom stereocenters. The fraction of sp³-hybridized carbons (Fsp3) is 0.391. The third-order valence-corrected chi connectivity index (χ3v) is 5.51. The summed E-state index contributed by atoms with van der Waals surface area (Å²) in [7, 11) is 2.64. The second-order valence-electron chi connectivity index (χ2n) is 7.18. The number of ether oxygens (including phenoxy) is 3. The number of esters is 2. The second-order valence-corrected chi connectivity index (χ2v) is 8.05. The number of methoxy groups -OCH3 is 2. The average molecular weight is 469 g/mol. The van der Waals surface area contributed by atoms with E-state index in [0.717, 1.165) is 18.4 Å². The quantitative estimate of drug-likeness (QED) is 0.562. The fourth-order valence-corrected chi connectivity index (χ4v) is 3.69. The molecule has 1 N–H and O–H groups in total. The number of benzene rings is 2. The highest BCUT2D eigenvalue weighted by Gasteiger charge is 2.20. The second kappa shape index (κ2) is 11.3. The number of hydrogen-bond donors (Lipinski definition) is 1. The van der Waals surface area contributed by atoms with Gasteiger partial charge < -0.3 is 19.3 Å². The summed E-state index contributed by atoms with van der Waals surface area (Å²) in [6, 6.07) is 6.22. The smallest absolute Gasteiger partial charge is 0.338 e. The summed E-state index contributed by atoms with van der Waals surface area (Å²) in [5, 5.41) is 10.1. The first kappa shape index (κ1) is 24.8. The Morgan fingerprint density at radius 2 is 1.35 bits per heavy atom. The van der Waals surface area contributed by atoms with Crippen molar-refractivity contribution < 1.29 is 28.9 Å². The Morgan fingerprint density at radius 3 is 1.87 bits per heavy atom. The van der Waals surface area contributed by atoms with Gasteiger partial charge in [0.2, 0.25) is 0 Å². The van der Waals surface area contributed by atoms with Crippen LogP contribution in [0.2, 0.25) is 10.0 Å². The lowest BCUT2D eigenvalue weighted by Gasteiger charge is -2.17. The van der Waals surface area contributed by atoms with Crippen LogP contribution in [0.15, 0.2) is 24.3 Å². The average Bonchev–Trinajstić information content (AvgIpc) is 3.25. The number of halogens is 2. The van der Waals surface area contributed by atoms with Gasteiger partial charge in [0.15, 0.2) is 0 Å². The number of carbonyl (C=O) groups is 2. The van der Waals surface area contributed by atoms with Crippen LogP contribution in [0.1, 0.15) is 57.5 Å². The highest BCUT2D eigenvalue weighted by Crippen LogP contribution is 2.31. The number of hydrogen-bond acceptors (Lipinski definition) is 6. The van der Waals surface area contributed by atoms with E-state index in [0.29, 0.717) is 26.9 Å². The van der Waals surface area contributed by atoms with Crippen LogP contribution in [-0.2, 0) is 9.47 Å². The summed E-state index contributed by atoms with van der Waals surface area (Å²) in [5.74, 6) is -0.204. The van der Waals surface area contributed by atoms with Crippen molar-refractivity contribution in [2.24, 2.45) is 0 Å². The molecule has 2 aromatic rings. The van der Waals surface area contributed by atoms with Crippen molar-refractivity contribution >= 4 is 35.1 Å². The molecule has 0 aromatic heterocycles. The molecule has 0 amide bonds. The van der Waals surface area contributed by atoms with Gasteiger partial charge in [0, 0.05) is 21.2 Å². The molecule has 0 aliphatic heterocycles. The van der Waals surface area contributed by atoms with Crippen LogP contribution in [0.4, 0.5) is 0 Å². The molecule has 168 valence electrons. The molecule has 8 heteroatoms. The lowest BCUT2D eigenvalue weighted by atomic mass is 10.1. The molecule has 1 aliphatic carbocycles. The highest BCUT2D eigenvalue weighted by atomic mass is 35.5. The van der Waals surface area contributed by atoms with Crippen molar-refractivity contribution in [2.75, 3.05) is 14.2 Å². The Labute approximate surface area is 192 Å². The van der Waals surface area contributed by atoms with E-state index in [-0.39, 0.29) is 23.4 Å². The summed E-state index contributed by atoms with van der Waals surface area (Å²) in [6.07, 6.45) is 4.79. The van der Waals surface area contributed by atoms with Gasteiger partial charge >= 0.3 is 11.9 Å². The topological polar surface area (TPSA) is 82.1 Å². The van der Waals surface area contributed by atoms with E-state index in [1.807, 2.05) is 6.92 Å². The Morgan fingerprint density at radius 1 is 0.871 bits per heavy atom. The number of rotatable bonds is 4. The third-order valence-electron chi connectivity index (χ3n) is 5.08. The van der Waals surface area contributed by atoms with E-state index < -0.39 is 5.97 Å². The number of aromatic hydroxyl groups is 1. The van der Waals surface area contributed by atoms with Crippen molar-refractivity contribution in [3.63, 3.8) is 0 Å². The summed E-state index contributed by atoms with van der Waals surface area (Å²) in [4.78, 5) is 22.8. The van der Waals surface area contributed by atoms with Crippen molar-refractivity contribution in [2.45, 2.75) is 45.6 Å². The SMILES string of the molecule is COC(=O)c1cc(Cl)cc(O)c1C.COC(=O)c1cc(Cl)cc(OC2CCCC2)c1C. The molecule has 1 saturated carbocycles. The molecule has 0 spiro atoms. The van der Waals surface area contributed by atoms with Crippen molar-refractivity contribution in [1.82, 2.24) is 0 Å². The number of phenols is 1. The van der Waals surface area contributed by atoms with Crippen LogP contribution in [0, 0.1) is 13.8 Å². The van der Waals surface area contributed by atoms with Gasteiger partial charge in [0.05, 0.1) is 31.5 Å². The largest absolute Gasteiger partial charge is 0.508 e. The first-order chi connectivity index (χ1) is 14.7. The molecule has 31 heavy (non-hydrogen) atoms. The van der Waals surface area contributed by atoms with Gasteiger partial charge in [-0.2, -0.15) is 0 Å². The van der Waals surface area contributed by atoms with Crippen molar-refractivity contribution in [1.29, 1.82) is 0 Å². The predicted molar refractivity (Wildman–Crippen MR) is 120 cm³/mol. The standard InChI is InChI=1S/C14H17ClO3.C9H9ClO3/c1-9-12(14(16)17-2)7-10(15)8-13(9)18-11-5-3-4-6-11;1-5-7(9(12)13-2)3-6(10)4-8(5)11/h7-8,11H,3-6H2,1-2H3;3-4,11H,1-2H3. The fourth-order valence-electron chi connectivity index (χ4n) is 3.27. The van der Waals surface area contributed by atoms with Gasteiger partial charge in [-0.15, -0.1) is 0 Å². The van der Waals surface area contributed by atoms with Crippen LogP contribution >= 0.6 is 23.2 Å². The van der Waals surface area contributed by atoms with Crippen LogP contribution in [0.3, 0.4) is 0 Å². The van der Waals surface area contributed by atoms with E-state index in [2.05, 4.69) is 4.74 Å². The zero-order chi connectivity index (χ0) is 23.1. The van der Waals surface area contributed by atoms with Crippen LogP contribution < -0.4 is 4.74 Å². The minimum atomic E-state index is -0.504. The minimum Gasteiger partial charge on any atom is -0.508 e. The Balaban J connectivity index is 0.000000233. The van der Waals surface area contributed by atoms with E-state index >= 15 is 0 Å². The van der Waals surface area contributed by atoms with Crippen molar-refractivity contribution in [3.05, 3.63) is 56.6 Å². The van der Waals surface area contributed by atoms with Gasteiger partial charge in [-0.1, -0.05) is 23.2 Å². The molecule has 0 unspecified atom stereocenters. The molecule has 1 aliphatic rings. The molecular weight excluding hydrogens is 443 g/mol. The maximum Gasteiger partial charge on any atom is 0.338 e. The zero-order valence-electron chi connectivity index (χ0n) is 18.0. The molecule has 0 bridgehead atoms. The van der Waals surface area contributed by atoms with Gasteiger partial charge in [0.25, 0.3) is 0 Å². The molecule has 0 saturated heterocycles. The summed E-state index contributed by atoms with van der Waals surface area (Å²) in [6.45, 7) is 3.48. The summed E-state index contributed by atoms with van der Waals surface area (Å²) < 4.78 is 15.2. The molecule has 3 rings (SSSR count). The van der Waals surface area contributed by atoms with E-state index in [4.69, 9.17) is 32.7 Å². The molecule has 1 fully saturated rings. The first-order valence-corrected chi connectivity index (χ1v) is 10.6. The lowest BCUT2D eigenvalue weighted by molar-refractivity contribution is 0.0590. The Hall–Kier alpha value is -2.44. The molecule has 0 radical (unpaired) electrons. The van der Waals surface area contributed by atoms with E-state index in [1.54, 1.807) is 19.1 Å². The normalized spacial score (nSPS) is 13.2. The van der Waals surface area contributed by atoms with Gasteiger partial charge in [0.1, 0.15) is 11.5 Å². The first-order valence-electron chi connectivity index (χ1n) is 9.80. The van der Waals surface area contributed by atoms with Crippen LogP contribution in [0.25, 0.3) is 0 Å².